The van der Waals surface area contributed by atoms with Gasteiger partial charge in [0.2, 0.25) is 0 Å². The van der Waals surface area contributed by atoms with Crippen LogP contribution in [-0.2, 0) is 6.54 Å². The highest BCUT2D eigenvalue weighted by atomic mass is 79.9. The molecule has 0 radical (unpaired) electrons. The highest BCUT2D eigenvalue weighted by molar-refractivity contribution is 9.10. The monoisotopic (exact) mass is 311 g/mol. The van der Waals surface area contributed by atoms with E-state index in [4.69, 9.17) is 4.42 Å². The van der Waals surface area contributed by atoms with E-state index >= 15 is 0 Å². The molecule has 2 aromatic rings. The number of amides is 1. The lowest BCUT2D eigenvalue weighted by atomic mass is 10.2. The summed E-state index contributed by atoms with van der Waals surface area (Å²) >= 11 is 3.06. The summed E-state index contributed by atoms with van der Waals surface area (Å²) in [6.45, 7) is 0.303. The molecule has 0 bridgehead atoms. The van der Waals surface area contributed by atoms with Crippen LogP contribution >= 0.6 is 15.9 Å². The molecule has 0 aliphatic rings. The van der Waals surface area contributed by atoms with Gasteiger partial charge < -0.3 is 9.32 Å². The van der Waals surface area contributed by atoms with Crippen molar-refractivity contribution < 1.29 is 13.6 Å². The number of carbonyl (C=O) groups is 1. The van der Waals surface area contributed by atoms with Crippen LogP contribution in [-0.4, -0.2) is 17.9 Å². The van der Waals surface area contributed by atoms with E-state index in [9.17, 15) is 9.18 Å². The topological polar surface area (TPSA) is 33.5 Å². The van der Waals surface area contributed by atoms with E-state index in [-0.39, 0.29) is 15.9 Å². The van der Waals surface area contributed by atoms with Crippen molar-refractivity contribution in [1.82, 2.24) is 4.90 Å². The molecule has 1 aromatic carbocycles. The molecule has 94 valence electrons. The molecule has 0 spiro atoms. The average Bonchev–Trinajstić information content (AvgIpc) is 2.84. The molecule has 0 aliphatic carbocycles. The first-order valence-corrected chi connectivity index (χ1v) is 6.10. The maximum Gasteiger partial charge on any atom is 0.257 e. The van der Waals surface area contributed by atoms with E-state index in [1.807, 2.05) is 0 Å². The zero-order valence-electron chi connectivity index (χ0n) is 9.69. The predicted molar refractivity (Wildman–Crippen MR) is 68.6 cm³/mol. The molecule has 0 saturated heterocycles. The lowest BCUT2D eigenvalue weighted by Gasteiger charge is -2.16. The van der Waals surface area contributed by atoms with Gasteiger partial charge in [0.1, 0.15) is 11.6 Å². The first-order valence-electron chi connectivity index (χ1n) is 5.31. The van der Waals surface area contributed by atoms with Gasteiger partial charge in [-0.05, 0) is 40.2 Å². The molecule has 18 heavy (non-hydrogen) atoms. The summed E-state index contributed by atoms with van der Waals surface area (Å²) in [6, 6.07) is 8.15. The number of nitrogens with zero attached hydrogens (tertiary/aromatic N) is 1. The minimum absolute atomic E-state index is 0.0402. The molecule has 0 N–H and O–H groups in total. The van der Waals surface area contributed by atoms with E-state index < -0.39 is 5.82 Å². The lowest BCUT2D eigenvalue weighted by molar-refractivity contribution is 0.0770. The van der Waals surface area contributed by atoms with Crippen LogP contribution in [0, 0.1) is 5.82 Å². The number of rotatable bonds is 3. The first-order chi connectivity index (χ1) is 8.59. The zero-order valence-corrected chi connectivity index (χ0v) is 11.3. The molecule has 0 saturated carbocycles. The fraction of sp³-hybridized carbons (Fsp3) is 0.154. The van der Waals surface area contributed by atoms with E-state index in [1.54, 1.807) is 31.3 Å². The fourth-order valence-electron chi connectivity index (χ4n) is 1.58. The van der Waals surface area contributed by atoms with Gasteiger partial charge in [-0.25, -0.2) is 4.39 Å². The summed E-state index contributed by atoms with van der Waals surface area (Å²) < 4.78 is 19.2. The molecule has 0 unspecified atom stereocenters. The van der Waals surface area contributed by atoms with Crippen LogP contribution in [0.15, 0.2) is 45.5 Å². The molecule has 1 heterocycles. The van der Waals surface area contributed by atoms with Crippen molar-refractivity contribution in [3.8, 4) is 0 Å². The van der Waals surface area contributed by atoms with E-state index in [1.165, 1.54) is 17.2 Å². The summed E-state index contributed by atoms with van der Waals surface area (Å²) in [5.74, 6) is -0.278. The molecule has 0 aliphatic heterocycles. The van der Waals surface area contributed by atoms with E-state index in [2.05, 4.69) is 15.9 Å². The van der Waals surface area contributed by atoms with Crippen molar-refractivity contribution in [2.45, 2.75) is 6.54 Å². The van der Waals surface area contributed by atoms with Gasteiger partial charge in [-0.1, -0.05) is 6.07 Å². The minimum atomic E-state index is -0.547. The number of hydrogen-bond acceptors (Lipinski definition) is 2. The average molecular weight is 312 g/mol. The van der Waals surface area contributed by atoms with Gasteiger partial charge in [0.15, 0.2) is 0 Å². The Morgan fingerprint density at radius 3 is 2.83 bits per heavy atom. The van der Waals surface area contributed by atoms with Gasteiger partial charge in [-0.2, -0.15) is 0 Å². The molecular formula is C13H11BrFNO2. The van der Waals surface area contributed by atoms with Gasteiger partial charge in [0, 0.05) is 7.05 Å². The Hall–Kier alpha value is -1.62. The number of furan rings is 1. The Balaban J connectivity index is 2.18. The van der Waals surface area contributed by atoms with Gasteiger partial charge in [0.05, 0.1) is 22.8 Å². The van der Waals surface area contributed by atoms with Crippen LogP contribution in [0.1, 0.15) is 16.1 Å². The van der Waals surface area contributed by atoms with Crippen molar-refractivity contribution in [3.05, 3.63) is 58.2 Å². The highest BCUT2D eigenvalue weighted by Crippen LogP contribution is 2.20. The normalized spacial score (nSPS) is 10.4. The van der Waals surface area contributed by atoms with Crippen LogP contribution in [0.3, 0.4) is 0 Å². The second-order valence-corrected chi connectivity index (χ2v) is 4.70. The van der Waals surface area contributed by atoms with Crippen LogP contribution < -0.4 is 0 Å². The SMILES string of the molecule is CN(Cc1ccco1)C(=O)c1cccc(Br)c1F. The Kier molecular flexibility index (Phi) is 3.81. The Morgan fingerprint density at radius 2 is 2.17 bits per heavy atom. The second kappa shape index (κ2) is 5.35. The van der Waals surface area contributed by atoms with Crippen molar-refractivity contribution >= 4 is 21.8 Å². The van der Waals surface area contributed by atoms with Gasteiger partial charge >= 0.3 is 0 Å². The van der Waals surface area contributed by atoms with Crippen LogP contribution in [0.5, 0.6) is 0 Å². The molecule has 5 heteroatoms. The maximum atomic E-state index is 13.8. The van der Waals surface area contributed by atoms with Crippen LogP contribution in [0.2, 0.25) is 0 Å². The van der Waals surface area contributed by atoms with Crippen molar-refractivity contribution in [1.29, 1.82) is 0 Å². The number of carbonyl (C=O) groups excluding carboxylic acids is 1. The van der Waals surface area contributed by atoms with Crippen molar-refractivity contribution in [2.75, 3.05) is 7.05 Å². The highest BCUT2D eigenvalue weighted by Gasteiger charge is 2.18. The third-order valence-electron chi connectivity index (χ3n) is 2.50. The Morgan fingerprint density at radius 1 is 1.39 bits per heavy atom. The van der Waals surface area contributed by atoms with Crippen LogP contribution in [0.4, 0.5) is 4.39 Å². The Labute approximate surface area is 112 Å². The fourth-order valence-corrected chi connectivity index (χ4v) is 1.95. The van der Waals surface area contributed by atoms with E-state index in [0.29, 0.717) is 12.3 Å². The summed E-state index contributed by atoms with van der Waals surface area (Å²) in [5.41, 5.74) is 0.0402. The standard InChI is InChI=1S/C13H11BrFNO2/c1-16(8-9-4-3-7-18-9)13(17)10-5-2-6-11(14)12(10)15/h2-7H,8H2,1H3. The molecule has 3 nitrogen and oxygen atoms in total. The third kappa shape index (κ3) is 2.61. The second-order valence-electron chi connectivity index (χ2n) is 3.84. The largest absolute Gasteiger partial charge is 0.467 e. The molecular weight excluding hydrogens is 301 g/mol. The zero-order chi connectivity index (χ0) is 13.1. The molecule has 0 atom stereocenters. The third-order valence-corrected chi connectivity index (χ3v) is 3.11. The van der Waals surface area contributed by atoms with Gasteiger partial charge in [-0.15, -0.1) is 0 Å². The summed E-state index contributed by atoms with van der Waals surface area (Å²) in [4.78, 5) is 13.5. The quantitative estimate of drug-likeness (QED) is 0.870. The Bertz CT molecular complexity index is 554. The lowest BCUT2D eigenvalue weighted by Crippen LogP contribution is -2.26. The van der Waals surface area contributed by atoms with Crippen molar-refractivity contribution in [2.24, 2.45) is 0 Å². The maximum absolute atomic E-state index is 13.8. The van der Waals surface area contributed by atoms with E-state index in [0.717, 1.165) is 0 Å². The molecule has 1 aromatic heterocycles. The van der Waals surface area contributed by atoms with Crippen molar-refractivity contribution in [3.63, 3.8) is 0 Å². The predicted octanol–water partition coefficient (Wildman–Crippen LogP) is 3.45. The van der Waals surface area contributed by atoms with Gasteiger partial charge in [-0.3, -0.25) is 4.79 Å². The molecule has 1 amide bonds. The number of hydrogen-bond donors (Lipinski definition) is 0. The number of halogens is 2. The smallest absolute Gasteiger partial charge is 0.257 e. The number of benzene rings is 1. The summed E-state index contributed by atoms with van der Waals surface area (Å²) in [5, 5.41) is 0. The van der Waals surface area contributed by atoms with Gasteiger partial charge in [0.25, 0.3) is 5.91 Å². The first kappa shape index (κ1) is 12.8. The minimum Gasteiger partial charge on any atom is -0.467 e. The molecule has 0 fully saturated rings. The summed E-state index contributed by atoms with van der Waals surface area (Å²) in [6.07, 6.45) is 1.54. The molecule has 2 rings (SSSR count). The summed E-state index contributed by atoms with van der Waals surface area (Å²) in [7, 11) is 1.60. The van der Waals surface area contributed by atoms with Crippen LogP contribution in [0.25, 0.3) is 0 Å².